The molecule has 1 aromatic carbocycles. The first-order chi connectivity index (χ1) is 12.2. The summed E-state index contributed by atoms with van der Waals surface area (Å²) in [4.78, 5) is 26.9. The van der Waals surface area contributed by atoms with E-state index in [0.717, 1.165) is 24.9 Å². The van der Waals surface area contributed by atoms with Gasteiger partial charge in [-0.15, -0.1) is 0 Å². The van der Waals surface area contributed by atoms with Gasteiger partial charge in [0.05, 0.1) is 18.3 Å². The first-order valence-electron chi connectivity index (χ1n) is 9.48. The maximum atomic E-state index is 12.9. The minimum atomic E-state index is -0.0701. The Kier molecular flexibility index (Phi) is 4.55. The molecule has 2 atom stereocenters. The molecular formula is C20H25N3O2. The fourth-order valence-corrected chi connectivity index (χ4v) is 4.62. The van der Waals surface area contributed by atoms with Gasteiger partial charge < -0.3 is 4.90 Å². The zero-order chi connectivity index (χ0) is 17.2. The number of amides is 1. The van der Waals surface area contributed by atoms with E-state index in [2.05, 4.69) is 10.00 Å². The first kappa shape index (κ1) is 16.3. The molecule has 1 saturated heterocycles. The predicted molar refractivity (Wildman–Crippen MR) is 97.3 cm³/mol. The number of hydrogen-bond donors (Lipinski definition) is 0. The normalized spacial score (nSPS) is 23.4. The van der Waals surface area contributed by atoms with Crippen LogP contribution in [0, 0.1) is 5.92 Å². The van der Waals surface area contributed by atoms with Crippen molar-refractivity contribution < 1.29 is 4.79 Å². The Bertz CT molecular complexity index is 827. The fraction of sp³-hybridized carbons (Fsp3) is 0.550. The van der Waals surface area contributed by atoms with Gasteiger partial charge in [0, 0.05) is 24.4 Å². The lowest BCUT2D eigenvalue weighted by Gasteiger charge is -2.44. The molecule has 2 fully saturated rings. The second-order valence-corrected chi connectivity index (χ2v) is 7.34. The Morgan fingerprint density at radius 3 is 2.84 bits per heavy atom. The van der Waals surface area contributed by atoms with Crippen LogP contribution in [-0.2, 0) is 11.3 Å². The van der Waals surface area contributed by atoms with Crippen LogP contribution in [0.5, 0.6) is 0 Å². The maximum absolute atomic E-state index is 12.9. The highest BCUT2D eigenvalue weighted by Crippen LogP contribution is 2.35. The van der Waals surface area contributed by atoms with Crippen LogP contribution in [0.1, 0.15) is 44.9 Å². The number of piperidine rings is 1. The number of nitrogens with zero attached hydrogens (tertiary/aromatic N) is 3. The highest BCUT2D eigenvalue weighted by molar-refractivity contribution is 5.79. The topological polar surface area (TPSA) is 55.2 Å². The lowest BCUT2D eigenvalue weighted by molar-refractivity contribution is -0.137. The first-order valence-corrected chi connectivity index (χ1v) is 9.48. The number of aryl methyl sites for hydroxylation is 1. The molecule has 1 aromatic heterocycles. The molecule has 0 spiro atoms. The minimum absolute atomic E-state index is 0.0701. The van der Waals surface area contributed by atoms with E-state index in [4.69, 9.17) is 0 Å². The van der Waals surface area contributed by atoms with E-state index in [-0.39, 0.29) is 11.3 Å². The van der Waals surface area contributed by atoms with E-state index < -0.39 is 0 Å². The molecule has 0 unspecified atom stereocenters. The van der Waals surface area contributed by atoms with Crippen LogP contribution in [-0.4, -0.2) is 33.2 Å². The van der Waals surface area contributed by atoms with Gasteiger partial charge in [-0.05, 0) is 43.7 Å². The lowest BCUT2D eigenvalue weighted by Crippen LogP contribution is -2.49. The third-order valence-electron chi connectivity index (χ3n) is 5.86. The van der Waals surface area contributed by atoms with Crippen molar-refractivity contribution in [1.82, 2.24) is 14.7 Å². The molecule has 1 aliphatic heterocycles. The van der Waals surface area contributed by atoms with Crippen molar-refractivity contribution in [1.29, 1.82) is 0 Å². The fourth-order valence-electron chi connectivity index (χ4n) is 4.62. The quantitative estimate of drug-likeness (QED) is 0.864. The molecule has 5 nitrogen and oxygen atoms in total. The van der Waals surface area contributed by atoms with Gasteiger partial charge in [0.1, 0.15) is 0 Å². The SMILES string of the molecule is O=C(CCn1ncc(=O)c2ccccc21)N1CCC[C@H]2CCCC[C@H]21. The van der Waals surface area contributed by atoms with Crippen molar-refractivity contribution in [2.45, 2.75) is 57.5 Å². The Balaban J connectivity index is 1.49. The highest BCUT2D eigenvalue weighted by Gasteiger charge is 2.35. The molecule has 5 heteroatoms. The number of aromatic nitrogens is 2. The number of carbonyl (C=O) groups is 1. The van der Waals surface area contributed by atoms with Crippen LogP contribution < -0.4 is 5.43 Å². The summed E-state index contributed by atoms with van der Waals surface area (Å²) in [6, 6.07) is 7.92. The van der Waals surface area contributed by atoms with Crippen molar-refractivity contribution >= 4 is 16.8 Å². The van der Waals surface area contributed by atoms with Crippen molar-refractivity contribution in [2.24, 2.45) is 5.92 Å². The van der Waals surface area contributed by atoms with Crippen molar-refractivity contribution in [2.75, 3.05) is 6.54 Å². The summed E-state index contributed by atoms with van der Waals surface area (Å²) >= 11 is 0. The summed E-state index contributed by atoms with van der Waals surface area (Å²) in [6.45, 7) is 1.42. The second kappa shape index (κ2) is 6.98. The number of para-hydroxylation sites is 1. The molecule has 2 heterocycles. The summed E-state index contributed by atoms with van der Waals surface area (Å²) in [5, 5.41) is 4.90. The summed E-state index contributed by atoms with van der Waals surface area (Å²) in [5.74, 6) is 0.944. The van der Waals surface area contributed by atoms with E-state index in [0.29, 0.717) is 30.3 Å². The number of benzene rings is 1. The molecule has 25 heavy (non-hydrogen) atoms. The maximum Gasteiger partial charge on any atom is 0.224 e. The standard InChI is InChI=1S/C20H25N3O2/c24-19-14-21-23(18-10-4-2-8-16(18)19)13-11-20(25)22-12-5-7-15-6-1-3-9-17(15)22/h2,4,8,10,14-15,17H,1,3,5-7,9,11-13H2/t15-,17-/m1/s1. The number of likely N-dealkylation sites (tertiary alicyclic amines) is 1. The van der Waals surface area contributed by atoms with E-state index in [1.807, 2.05) is 24.3 Å². The average molecular weight is 339 g/mol. The molecule has 2 aromatic rings. The predicted octanol–water partition coefficient (Wildman–Crippen LogP) is 2.97. The van der Waals surface area contributed by atoms with Gasteiger partial charge in [0.2, 0.25) is 11.3 Å². The minimum Gasteiger partial charge on any atom is -0.339 e. The second-order valence-electron chi connectivity index (χ2n) is 7.34. The van der Waals surface area contributed by atoms with Gasteiger partial charge in [-0.25, -0.2) is 0 Å². The zero-order valence-electron chi connectivity index (χ0n) is 14.6. The summed E-state index contributed by atoms with van der Waals surface area (Å²) in [7, 11) is 0. The average Bonchev–Trinajstić information content (AvgIpc) is 2.67. The van der Waals surface area contributed by atoms with Gasteiger partial charge in [-0.1, -0.05) is 25.0 Å². The molecule has 0 radical (unpaired) electrons. The molecule has 1 aliphatic carbocycles. The molecule has 132 valence electrons. The molecule has 0 bridgehead atoms. The molecule has 4 rings (SSSR count). The van der Waals surface area contributed by atoms with Gasteiger partial charge in [-0.2, -0.15) is 5.10 Å². The highest BCUT2D eigenvalue weighted by atomic mass is 16.2. The number of fused-ring (bicyclic) bond motifs is 2. The van der Waals surface area contributed by atoms with Gasteiger partial charge in [0.15, 0.2) is 0 Å². The lowest BCUT2D eigenvalue weighted by atomic mass is 9.78. The van der Waals surface area contributed by atoms with Gasteiger partial charge in [-0.3, -0.25) is 14.3 Å². The molecule has 1 amide bonds. The van der Waals surface area contributed by atoms with Crippen LogP contribution in [0.15, 0.2) is 35.3 Å². The number of carbonyl (C=O) groups excluding carboxylic acids is 1. The third-order valence-corrected chi connectivity index (χ3v) is 5.86. The van der Waals surface area contributed by atoms with Crippen LogP contribution in [0.2, 0.25) is 0 Å². The molecule has 2 aliphatic rings. The van der Waals surface area contributed by atoms with E-state index in [9.17, 15) is 9.59 Å². The summed E-state index contributed by atoms with van der Waals surface area (Å²) in [6.07, 6.45) is 9.21. The Morgan fingerprint density at radius 1 is 1.12 bits per heavy atom. The summed E-state index contributed by atoms with van der Waals surface area (Å²) < 4.78 is 1.79. The van der Waals surface area contributed by atoms with E-state index in [1.54, 1.807) is 4.68 Å². The number of rotatable bonds is 3. The summed E-state index contributed by atoms with van der Waals surface area (Å²) in [5.41, 5.74) is 0.733. The van der Waals surface area contributed by atoms with Crippen molar-refractivity contribution in [3.63, 3.8) is 0 Å². The molecular weight excluding hydrogens is 314 g/mol. The number of hydrogen-bond acceptors (Lipinski definition) is 3. The van der Waals surface area contributed by atoms with E-state index in [1.165, 1.54) is 31.9 Å². The van der Waals surface area contributed by atoms with Crippen molar-refractivity contribution in [3.05, 3.63) is 40.7 Å². The third kappa shape index (κ3) is 3.20. The largest absolute Gasteiger partial charge is 0.339 e. The van der Waals surface area contributed by atoms with Crippen LogP contribution in [0.4, 0.5) is 0 Å². The molecule has 1 saturated carbocycles. The zero-order valence-corrected chi connectivity index (χ0v) is 14.6. The van der Waals surface area contributed by atoms with Gasteiger partial charge >= 0.3 is 0 Å². The Morgan fingerprint density at radius 2 is 1.92 bits per heavy atom. The van der Waals surface area contributed by atoms with Crippen molar-refractivity contribution in [3.8, 4) is 0 Å². The Hall–Kier alpha value is -2.17. The van der Waals surface area contributed by atoms with Crippen LogP contribution in [0.3, 0.4) is 0 Å². The smallest absolute Gasteiger partial charge is 0.224 e. The monoisotopic (exact) mass is 339 g/mol. The Labute approximate surface area is 147 Å². The van der Waals surface area contributed by atoms with Crippen LogP contribution >= 0.6 is 0 Å². The van der Waals surface area contributed by atoms with E-state index >= 15 is 0 Å². The van der Waals surface area contributed by atoms with Crippen LogP contribution in [0.25, 0.3) is 10.9 Å². The van der Waals surface area contributed by atoms with Gasteiger partial charge in [0.25, 0.3) is 0 Å². The molecule has 0 N–H and O–H groups in total.